The number of anilines is 1. The van der Waals surface area contributed by atoms with Crippen LogP contribution in [0.4, 0.5) is 5.95 Å². The highest BCUT2D eigenvalue weighted by Crippen LogP contribution is 2.22. The molecule has 2 N–H and O–H groups in total. The highest BCUT2D eigenvalue weighted by molar-refractivity contribution is 5.94. The van der Waals surface area contributed by atoms with Gasteiger partial charge >= 0.3 is 0 Å². The second kappa shape index (κ2) is 9.86. The number of hydrogen-bond acceptors (Lipinski definition) is 4. The van der Waals surface area contributed by atoms with E-state index in [1.165, 1.54) is 57.8 Å². The molecular weight excluding hydrogens is 360 g/mol. The van der Waals surface area contributed by atoms with Crippen molar-refractivity contribution in [2.75, 3.05) is 5.32 Å². The number of amides is 1. The number of rotatable bonds is 5. The quantitative estimate of drug-likeness (QED) is 0.674. The van der Waals surface area contributed by atoms with E-state index in [0.717, 1.165) is 29.5 Å². The maximum Gasteiger partial charge on any atom is 0.251 e. The second-order valence-electron chi connectivity index (χ2n) is 8.51. The molecule has 2 fully saturated rings. The summed E-state index contributed by atoms with van der Waals surface area (Å²) in [6.45, 7) is 0. The number of benzene rings is 1. The highest BCUT2D eigenvalue weighted by Gasteiger charge is 2.16. The largest absolute Gasteiger partial charge is 0.351 e. The lowest BCUT2D eigenvalue weighted by molar-refractivity contribution is 0.0933. The van der Waals surface area contributed by atoms with E-state index in [9.17, 15) is 4.79 Å². The van der Waals surface area contributed by atoms with Crippen molar-refractivity contribution < 1.29 is 4.79 Å². The Labute approximate surface area is 173 Å². The van der Waals surface area contributed by atoms with Gasteiger partial charge in [-0.25, -0.2) is 9.97 Å². The van der Waals surface area contributed by atoms with Crippen LogP contribution in [0.1, 0.15) is 81.0 Å². The first-order valence-corrected chi connectivity index (χ1v) is 11.3. The molecule has 1 amide bonds. The first-order valence-electron chi connectivity index (χ1n) is 11.3. The predicted octanol–water partition coefficient (Wildman–Crippen LogP) is 5.34. The normalized spacial score (nSPS) is 18.8. The van der Waals surface area contributed by atoms with Crippen molar-refractivity contribution in [2.24, 2.45) is 0 Å². The topological polar surface area (TPSA) is 66.9 Å². The van der Waals surface area contributed by atoms with Crippen LogP contribution in [0.15, 0.2) is 36.7 Å². The minimum atomic E-state index is 0.0340. The zero-order valence-corrected chi connectivity index (χ0v) is 17.2. The molecule has 1 aromatic heterocycles. The number of nitrogens with zero attached hydrogens (tertiary/aromatic N) is 2. The van der Waals surface area contributed by atoms with Gasteiger partial charge in [0, 0.05) is 35.6 Å². The Morgan fingerprint density at radius 3 is 1.90 bits per heavy atom. The molecule has 0 radical (unpaired) electrons. The third kappa shape index (κ3) is 5.55. The summed E-state index contributed by atoms with van der Waals surface area (Å²) in [6, 6.07) is 8.58. The minimum Gasteiger partial charge on any atom is -0.351 e. The third-order valence-electron chi connectivity index (χ3n) is 6.26. The fraction of sp³-hybridized carbons (Fsp3) is 0.542. The van der Waals surface area contributed by atoms with E-state index in [2.05, 4.69) is 20.6 Å². The van der Waals surface area contributed by atoms with Gasteiger partial charge in [0.25, 0.3) is 5.91 Å². The number of carbonyl (C=O) groups excluding carboxylic acids is 1. The number of carbonyl (C=O) groups is 1. The molecule has 0 saturated heterocycles. The van der Waals surface area contributed by atoms with Crippen molar-refractivity contribution in [3.8, 4) is 11.1 Å². The van der Waals surface area contributed by atoms with E-state index in [4.69, 9.17) is 0 Å². The molecule has 2 aliphatic carbocycles. The lowest BCUT2D eigenvalue weighted by Crippen LogP contribution is -2.34. The van der Waals surface area contributed by atoms with Gasteiger partial charge < -0.3 is 10.6 Å². The van der Waals surface area contributed by atoms with E-state index in [-0.39, 0.29) is 5.91 Å². The van der Waals surface area contributed by atoms with Crippen molar-refractivity contribution in [3.05, 3.63) is 42.2 Å². The molecule has 29 heavy (non-hydrogen) atoms. The van der Waals surface area contributed by atoms with Crippen LogP contribution in [0.3, 0.4) is 0 Å². The van der Waals surface area contributed by atoms with E-state index in [1.807, 2.05) is 36.7 Å². The van der Waals surface area contributed by atoms with Gasteiger partial charge in [-0.3, -0.25) is 4.79 Å². The Bertz CT molecular complexity index is 774. The molecule has 0 unspecified atom stereocenters. The first-order chi connectivity index (χ1) is 14.3. The summed E-state index contributed by atoms with van der Waals surface area (Å²) >= 11 is 0. The van der Waals surface area contributed by atoms with Gasteiger partial charge in [-0.15, -0.1) is 0 Å². The van der Waals surface area contributed by atoms with Gasteiger partial charge in [-0.1, -0.05) is 57.1 Å². The average molecular weight is 393 g/mol. The molecule has 0 aliphatic heterocycles. The average Bonchev–Trinajstić information content (AvgIpc) is 3.04. The van der Waals surface area contributed by atoms with Crippen LogP contribution < -0.4 is 10.6 Å². The van der Waals surface area contributed by atoms with Gasteiger partial charge in [-0.05, 0) is 43.4 Å². The maximum atomic E-state index is 12.6. The standard InChI is InChI=1S/C24H32N4O/c29-23(27-21-8-4-1-2-5-9-21)19-14-12-18(13-15-19)20-16-25-24(26-17-20)28-22-10-6-3-7-11-22/h12-17,21-22H,1-11H2,(H,27,29)(H,25,26,28). The Hall–Kier alpha value is -2.43. The van der Waals surface area contributed by atoms with E-state index >= 15 is 0 Å². The summed E-state index contributed by atoms with van der Waals surface area (Å²) in [5.74, 6) is 0.742. The lowest BCUT2D eigenvalue weighted by Gasteiger charge is -2.22. The van der Waals surface area contributed by atoms with Crippen molar-refractivity contribution in [2.45, 2.75) is 82.7 Å². The summed E-state index contributed by atoms with van der Waals surface area (Å²) in [7, 11) is 0. The summed E-state index contributed by atoms with van der Waals surface area (Å²) in [6.07, 6.45) is 17.3. The van der Waals surface area contributed by atoms with Gasteiger partial charge in [0.15, 0.2) is 0 Å². The van der Waals surface area contributed by atoms with Crippen molar-refractivity contribution in [1.82, 2.24) is 15.3 Å². The van der Waals surface area contributed by atoms with Gasteiger partial charge in [0.05, 0.1) is 0 Å². The lowest BCUT2D eigenvalue weighted by atomic mass is 9.96. The fourth-order valence-electron chi connectivity index (χ4n) is 4.49. The Kier molecular flexibility index (Phi) is 6.75. The zero-order valence-electron chi connectivity index (χ0n) is 17.2. The molecule has 0 bridgehead atoms. The molecule has 1 heterocycles. The smallest absolute Gasteiger partial charge is 0.251 e. The number of nitrogens with one attached hydrogen (secondary N) is 2. The Balaban J connectivity index is 1.35. The van der Waals surface area contributed by atoms with Crippen molar-refractivity contribution >= 4 is 11.9 Å². The van der Waals surface area contributed by atoms with Gasteiger partial charge in [-0.2, -0.15) is 0 Å². The molecular formula is C24H32N4O. The van der Waals surface area contributed by atoms with Crippen LogP contribution in [0.25, 0.3) is 11.1 Å². The van der Waals surface area contributed by atoms with Crippen LogP contribution >= 0.6 is 0 Å². The van der Waals surface area contributed by atoms with Crippen LogP contribution in [-0.2, 0) is 0 Å². The summed E-state index contributed by atoms with van der Waals surface area (Å²) in [4.78, 5) is 21.5. The predicted molar refractivity (Wildman–Crippen MR) is 117 cm³/mol. The Morgan fingerprint density at radius 1 is 0.724 bits per heavy atom. The van der Waals surface area contributed by atoms with Gasteiger partial charge in [0.1, 0.15) is 0 Å². The Morgan fingerprint density at radius 2 is 1.28 bits per heavy atom. The maximum absolute atomic E-state index is 12.6. The molecule has 154 valence electrons. The number of aromatic nitrogens is 2. The van der Waals surface area contributed by atoms with E-state index < -0.39 is 0 Å². The molecule has 2 saturated carbocycles. The van der Waals surface area contributed by atoms with Crippen LogP contribution in [-0.4, -0.2) is 28.0 Å². The molecule has 0 spiro atoms. The zero-order chi connectivity index (χ0) is 19.9. The van der Waals surface area contributed by atoms with Gasteiger partial charge in [0.2, 0.25) is 5.95 Å². The van der Waals surface area contributed by atoms with E-state index in [1.54, 1.807) is 0 Å². The second-order valence-corrected chi connectivity index (χ2v) is 8.51. The monoisotopic (exact) mass is 392 g/mol. The van der Waals surface area contributed by atoms with Crippen molar-refractivity contribution in [3.63, 3.8) is 0 Å². The summed E-state index contributed by atoms with van der Waals surface area (Å²) < 4.78 is 0. The van der Waals surface area contributed by atoms with E-state index in [0.29, 0.717) is 18.0 Å². The molecule has 2 aliphatic rings. The molecule has 1 aromatic carbocycles. The van der Waals surface area contributed by atoms with Crippen molar-refractivity contribution in [1.29, 1.82) is 0 Å². The molecule has 4 rings (SSSR count). The summed E-state index contributed by atoms with van der Waals surface area (Å²) in [5, 5.41) is 6.66. The third-order valence-corrected chi connectivity index (χ3v) is 6.26. The highest BCUT2D eigenvalue weighted by atomic mass is 16.1. The molecule has 5 heteroatoms. The SMILES string of the molecule is O=C(NC1CCCCCC1)c1ccc(-c2cnc(NC3CCCCC3)nc2)cc1. The minimum absolute atomic E-state index is 0.0340. The first kappa shape index (κ1) is 19.9. The molecule has 5 nitrogen and oxygen atoms in total. The van der Waals surface area contributed by atoms with Crippen LogP contribution in [0.2, 0.25) is 0 Å². The summed E-state index contributed by atoms with van der Waals surface area (Å²) in [5.41, 5.74) is 2.71. The van der Waals surface area contributed by atoms with Crippen LogP contribution in [0.5, 0.6) is 0 Å². The molecule has 0 atom stereocenters. The molecule has 2 aromatic rings. The number of hydrogen-bond donors (Lipinski definition) is 2. The van der Waals surface area contributed by atoms with Crippen LogP contribution in [0, 0.1) is 0 Å². The fourth-order valence-corrected chi connectivity index (χ4v) is 4.49.